The first kappa shape index (κ1) is 14.8. The van der Waals surface area contributed by atoms with E-state index >= 15 is 0 Å². The van der Waals surface area contributed by atoms with E-state index in [0.29, 0.717) is 18.2 Å². The zero-order valence-corrected chi connectivity index (χ0v) is 13.6. The van der Waals surface area contributed by atoms with Crippen LogP contribution in [0, 0.1) is 5.92 Å². The predicted molar refractivity (Wildman–Crippen MR) is 83.0 cm³/mol. The van der Waals surface area contributed by atoms with Gasteiger partial charge >= 0.3 is 0 Å². The first-order valence-corrected chi connectivity index (χ1v) is 8.78. The van der Waals surface area contributed by atoms with Crippen molar-refractivity contribution < 1.29 is 4.74 Å². The van der Waals surface area contributed by atoms with Gasteiger partial charge in [-0.1, -0.05) is 20.3 Å². The zero-order chi connectivity index (χ0) is 14.1. The van der Waals surface area contributed by atoms with Crippen LogP contribution < -0.4 is 0 Å². The fourth-order valence-corrected chi connectivity index (χ4v) is 4.49. The fraction of sp³-hybridized carbons (Fsp3) is 1.00. The van der Waals surface area contributed by atoms with Crippen LogP contribution in [0.2, 0.25) is 0 Å². The van der Waals surface area contributed by atoms with Crippen molar-refractivity contribution in [2.45, 2.75) is 77.1 Å². The minimum atomic E-state index is 0.478. The maximum Gasteiger partial charge on any atom is 0.0728 e. The Hall–Kier alpha value is -0.120. The normalized spacial score (nSPS) is 38.1. The van der Waals surface area contributed by atoms with Gasteiger partial charge in [0.2, 0.25) is 0 Å². The number of fused-ring (bicyclic) bond motifs is 1. The summed E-state index contributed by atoms with van der Waals surface area (Å²) in [5.74, 6) is 0.738. The highest BCUT2D eigenvalue weighted by atomic mass is 16.5. The Morgan fingerprint density at radius 2 is 1.85 bits per heavy atom. The average Bonchev–Trinajstić information content (AvgIpc) is 2.99. The van der Waals surface area contributed by atoms with E-state index < -0.39 is 0 Å². The molecule has 116 valence electrons. The van der Waals surface area contributed by atoms with Gasteiger partial charge in [-0.25, -0.2) is 0 Å². The molecule has 3 rings (SSSR count). The Kier molecular flexibility index (Phi) is 4.68. The molecule has 0 saturated carbocycles. The summed E-state index contributed by atoms with van der Waals surface area (Å²) in [7, 11) is 0. The molecule has 0 N–H and O–H groups in total. The van der Waals surface area contributed by atoms with Gasteiger partial charge in [0.1, 0.15) is 0 Å². The molecule has 0 aromatic rings. The molecule has 3 saturated heterocycles. The molecule has 3 nitrogen and oxygen atoms in total. The Morgan fingerprint density at radius 1 is 1.00 bits per heavy atom. The molecule has 3 heteroatoms. The van der Waals surface area contributed by atoms with Crippen molar-refractivity contribution >= 4 is 0 Å². The number of piperidine rings is 1. The van der Waals surface area contributed by atoms with Crippen molar-refractivity contribution in [2.24, 2.45) is 5.92 Å². The topological polar surface area (TPSA) is 15.7 Å². The molecule has 0 aromatic heterocycles. The van der Waals surface area contributed by atoms with Gasteiger partial charge in [0.05, 0.1) is 6.10 Å². The number of rotatable bonds is 3. The molecule has 20 heavy (non-hydrogen) atoms. The Balaban J connectivity index is 1.71. The average molecular weight is 280 g/mol. The van der Waals surface area contributed by atoms with Crippen LogP contribution in [0.5, 0.6) is 0 Å². The Labute approximate surface area is 124 Å². The van der Waals surface area contributed by atoms with Crippen molar-refractivity contribution in [1.29, 1.82) is 0 Å². The van der Waals surface area contributed by atoms with Crippen LogP contribution in [0.1, 0.15) is 52.9 Å². The van der Waals surface area contributed by atoms with Gasteiger partial charge in [0.15, 0.2) is 0 Å². The minimum absolute atomic E-state index is 0.478. The molecule has 0 amide bonds. The van der Waals surface area contributed by atoms with E-state index in [1.165, 1.54) is 51.7 Å². The lowest BCUT2D eigenvalue weighted by Crippen LogP contribution is -2.64. The van der Waals surface area contributed by atoms with E-state index in [1.54, 1.807) is 0 Å². The third-order valence-corrected chi connectivity index (χ3v) is 5.81. The molecule has 0 spiro atoms. The summed E-state index contributed by atoms with van der Waals surface area (Å²) < 4.78 is 5.98. The van der Waals surface area contributed by atoms with Crippen LogP contribution in [-0.2, 0) is 4.74 Å². The molecular weight excluding hydrogens is 248 g/mol. The third-order valence-electron chi connectivity index (χ3n) is 5.81. The molecule has 0 bridgehead atoms. The number of ether oxygens (including phenoxy) is 1. The van der Waals surface area contributed by atoms with Crippen molar-refractivity contribution in [2.75, 3.05) is 26.2 Å². The van der Waals surface area contributed by atoms with Gasteiger partial charge in [-0.3, -0.25) is 9.80 Å². The van der Waals surface area contributed by atoms with E-state index in [-0.39, 0.29) is 0 Å². The van der Waals surface area contributed by atoms with Gasteiger partial charge in [-0.2, -0.15) is 0 Å². The Morgan fingerprint density at radius 3 is 2.55 bits per heavy atom. The largest absolute Gasteiger partial charge is 0.377 e. The van der Waals surface area contributed by atoms with Crippen LogP contribution in [0.25, 0.3) is 0 Å². The monoisotopic (exact) mass is 280 g/mol. The summed E-state index contributed by atoms with van der Waals surface area (Å²) in [6, 6.07) is 2.11. The molecule has 4 unspecified atom stereocenters. The molecule has 0 aliphatic carbocycles. The second-order valence-electron chi connectivity index (χ2n) is 7.44. The van der Waals surface area contributed by atoms with Gasteiger partial charge in [-0.15, -0.1) is 0 Å². The quantitative estimate of drug-likeness (QED) is 0.790. The lowest BCUT2D eigenvalue weighted by atomic mass is 9.90. The van der Waals surface area contributed by atoms with E-state index in [1.807, 2.05) is 0 Å². The van der Waals surface area contributed by atoms with Gasteiger partial charge in [0.25, 0.3) is 0 Å². The van der Waals surface area contributed by atoms with Gasteiger partial charge in [-0.05, 0) is 45.1 Å². The van der Waals surface area contributed by atoms with Crippen LogP contribution in [0.3, 0.4) is 0 Å². The van der Waals surface area contributed by atoms with E-state index in [2.05, 4.69) is 30.6 Å². The molecule has 0 radical (unpaired) electrons. The SMILES string of the molecule is CC(C)C1CN2CCCCC2CN1C(C)C1CCCO1. The van der Waals surface area contributed by atoms with Crippen molar-refractivity contribution in [3.8, 4) is 0 Å². The molecular formula is C17H32N2O. The second kappa shape index (κ2) is 6.33. The highest BCUT2D eigenvalue weighted by molar-refractivity contribution is 4.95. The van der Waals surface area contributed by atoms with E-state index in [4.69, 9.17) is 4.74 Å². The van der Waals surface area contributed by atoms with Crippen molar-refractivity contribution in [3.05, 3.63) is 0 Å². The minimum Gasteiger partial charge on any atom is -0.377 e. The summed E-state index contributed by atoms with van der Waals surface area (Å²) in [6.07, 6.45) is 7.23. The molecule has 3 aliphatic rings. The molecule has 3 fully saturated rings. The predicted octanol–water partition coefficient (Wildman–Crippen LogP) is 2.75. The summed E-state index contributed by atoms with van der Waals surface area (Å²) in [6.45, 7) is 12.0. The van der Waals surface area contributed by atoms with E-state index in [9.17, 15) is 0 Å². The summed E-state index contributed by atoms with van der Waals surface area (Å²) >= 11 is 0. The van der Waals surface area contributed by atoms with Gasteiger partial charge < -0.3 is 4.74 Å². The first-order chi connectivity index (χ1) is 9.66. The smallest absolute Gasteiger partial charge is 0.0728 e. The number of hydrogen-bond acceptors (Lipinski definition) is 3. The lowest BCUT2D eigenvalue weighted by Gasteiger charge is -2.52. The lowest BCUT2D eigenvalue weighted by molar-refractivity contribution is -0.0607. The van der Waals surface area contributed by atoms with E-state index in [0.717, 1.165) is 18.6 Å². The first-order valence-electron chi connectivity index (χ1n) is 8.78. The maximum atomic E-state index is 5.98. The molecule has 3 heterocycles. The van der Waals surface area contributed by atoms with Crippen LogP contribution in [0.15, 0.2) is 0 Å². The fourth-order valence-electron chi connectivity index (χ4n) is 4.49. The standard InChI is InChI=1S/C17H32N2O/c1-13(2)16-12-18-9-5-4-7-15(18)11-19(16)14(3)17-8-6-10-20-17/h13-17H,4-12H2,1-3H3. The number of piperazine rings is 1. The van der Waals surface area contributed by atoms with Crippen LogP contribution >= 0.6 is 0 Å². The molecule has 4 atom stereocenters. The second-order valence-corrected chi connectivity index (χ2v) is 7.44. The van der Waals surface area contributed by atoms with Crippen molar-refractivity contribution in [3.63, 3.8) is 0 Å². The summed E-state index contributed by atoms with van der Waals surface area (Å²) in [4.78, 5) is 5.57. The Bertz CT molecular complexity index is 314. The molecule has 0 aromatic carbocycles. The van der Waals surface area contributed by atoms with Crippen molar-refractivity contribution in [1.82, 2.24) is 9.80 Å². The third kappa shape index (κ3) is 2.90. The highest BCUT2D eigenvalue weighted by Gasteiger charge is 2.40. The maximum absolute atomic E-state index is 5.98. The van der Waals surface area contributed by atoms with Crippen LogP contribution in [-0.4, -0.2) is 60.3 Å². The summed E-state index contributed by atoms with van der Waals surface area (Å²) in [5, 5.41) is 0. The van der Waals surface area contributed by atoms with Crippen LogP contribution in [0.4, 0.5) is 0 Å². The number of hydrogen-bond donors (Lipinski definition) is 0. The zero-order valence-electron chi connectivity index (χ0n) is 13.6. The number of nitrogens with zero attached hydrogens (tertiary/aromatic N) is 2. The highest BCUT2D eigenvalue weighted by Crippen LogP contribution is 2.31. The van der Waals surface area contributed by atoms with Gasteiger partial charge in [0, 0.05) is 37.8 Å². The summed E-state index contributed by atoms with van der Waals surface area (Å²) in [5.41, 5.74) is 0. The molecule has 3 aliphatic heterocycles.